The largest absolute Gasteiger partial charge is 0.336 e. The molecule has 5 aromatic rings. The van der Waals surface area contributed by atoms with E-state index in [1.807, 2.05) is 140 Å². The Morgan fingerprint density at radius 1 is 0.585 bits per heavy atom. The van der Waals surface area contributed by atoms with Gasteiger partial charge in [-0.2, -0.15) is 0 Å². The Kier molecular flexibility index (Phi) is 5.99. The Balaban J connectivity index is 1.54. The van der Waals surface area contributed by atoms with Crippen molar-refractivity contribution in [2.24, 2.45) is 0 Å². The van der Waals surface area contributed by atoms with Crippen molar-refractivity contribution in [3.05, 3.63) is 185 Å². The molecule has 4 nitrogen and oxygen atoms in total. The van der Waals surface area contributed by atoms with Crippen LogP contribution in [0.1, 0.15) is 32.6 Å². The average molecular weight is 534 g/mol. The van der Waals surface area contributed by atoms with Gasteiger partial charge in [0.25, 0.3) is 5.91 Å². The van der Waals surface area contributed by atoms with E-state index >= 15 is 0 Å². The zero-order chi connectivity index (χ0) is 27.9. The molecule has 1 amide bonds. The molecule has 0 radical (unpaired) electrons. The summed E-state index contributed by atoms with van der Waals surface area (Å²) in [5.74, 6) is -0.464. The van der Waals surface area contributed by atoms with Crippen molar-refractivity contribution in [1.82, 2.24) is 4.90 Å². The molecule has 0 bridgehead atoms. The number of carbonyl (C=O) groups excluding carboxylic acids is 2. The van der Waals surface area contributed by atoms with Crippen LogP contribution in [0.3, 0.4) is 0 Å². The van der Waals surface area contributed by atoms with Crippen LogP contribution in [0.25, 0.3) is 5.70 Å². The first kappa shape index (κ1) is 24.9. The lowest BCUT2D eigenvalue weighted by atomic mass is 9.75. The summed E-state index contributed by atoms with van der Waals surface area (Å²) in [4.78, 5) is 31.4. The van der Waals surface area contributed by atoms with Crippen molar-refractivity contribution in [2.75, 3.05) is 0 Å². The van der Waals surface area contributed by atoms with Crippen molar-refractivity contribution in [1.29, 1.82) is 0 Å². The lowest BCUT2D eigenvalue weighted by molar-refractivity contribution is -0.131. The van der Waals surface area contributed by atoms with Gasteiger partial charge in [-0.05, 0) is 22.3 Å². The molecule has 2 aliphatic heterocycles. The van der Waals surface area contributed by atoms with Gasteiger partial charge in [0.1, 0.15) is 0 Å². The van der Waals surface area contributed by atoms with E-state index in [0.29, 0.717) is 23.4 Å². The minimum Gasteiger partial charge on any atom is -0.336 e. The van der Waals surface area contributed by atoms with E-state index in [9.17, 15) is 9.59 Å². The maximum Gasteiger partial charge on any atom is 0.268 e. The quantitative estimate of drug-likeness (QED) is 0.167. The Bertz CT molecular complexity index is 1710. The maximum absolute atomic E-state index is 15.0. The fourth-order valence-corrected chi connectivity index (χ4v) is 6.18. The number of nitrogens with zero attached hydrogens (tertiary/aromatic N) is 1. The molecule has 1 spiro atoms. The van der Waals surface area contributed by atoms with Gasteiger partial charge < -0.3 is 9.64 Å². The summed E-state index contributed by atoms with van der Waals surface area (Å²) in [6.07, 6.45) is 0. The highest BCUT2D eigenvalue weighted by Crippen LogP contribution is 2.68. The summed E-state index contributed by atoms with van der Waals surface area (Å²) in [6.45, 7) is 0.306. The molecule has 0 aliphatic carbocycles. The van der Waals surface area contributed by atoms with Crippen LogP contribution >= 0.6 is 0 Å². The number of ether oxygens (including phenoxy) is 1. The maximum atomic E-state index is 15.0. The van der Waals surface area contributed by atoms with Crippen molar-refractivity contribution < 1.29 is 14.3 Å². The molecule has 4 heteroatoms. The van der Waals surface area contributed by atoms with Gasteiger partial charge in [0.05, 0.1) is 17.8 Å². The van der Waals surface area contributed by atoms with Crippen LogP contribution < -0.4 is 0 Å². The molecule has 41 heavy (non-hydrogen) atoms. The Morgan fingerprint density at radius 2 is 1.05 bits per heavy atom. The number of rotatable bonds is 7. The molecule has 1 unspecified atom stereocenters. The third-order valence-electron chi connectivity index (χ3n) is 8.02. The Labute approximate surface area is 239 Å². The zero-order valence-corrected chi connectivity index (χ0v) is 22.3. The number of hydrogen-bond donors (Lipinski definition) is 0. The molecule has 5 aromatic carbocycles. The van der Waals surface area contributed by atoms with Crippen molar-refractivity contribution in [3.8, 4) is 0 Å². The highest BCUT2D eigenvalue weighted by atomic mass is 16.6. The smallest absolute Gasteiger partial charge is 0.268 e. The van der Waals surface area contributed by atoms with Crippen LogP contribution in [-0.4, -0.2) is 22.2 Å². The van der Waals surface area contributed by atoms with E-state index < -0.39 is 11.2 Å². The molecule has 0 N–H and O–H groups in total. The number of amides is 1. The molecule has 1 atom stereocenters. The minimum atomic E-state index is -1.54. The van der Waals surface area contributed by atoms with Crippen LogP contribution in [0.4, 0.5) is 0 Å². The van der Waals surface area contributed by atoms with Gasteiger partial charge in [0.2, 0.25) is 5.60 Å². The van der Waals surface area contributed by atoms with Crippen LogP contribution in [0.15, 0.2) is 157 Å². The standard InChI is InChI=1S/C37H27NO3/c39-34(29-20-10-3-11-21-29)32-33(28-18-8-2-9-19-28)38(26-27-16-6-1-7-17-27)35(40)37(32)36(41-37,30-22-12-4-13-23-30)31-24-14-5-15-25-31/h1-25H,26H2. The van der Waals surface area contributed by atoms with Gasteiger partial charge >= 0.3 is 0 Å². The zero-order valence-electron chi connectivity index (χ0n) is 22.3. The first-order chi connectivity index (χ1) is 20.2. The van der Waals surface area contributed by atoms with E-state index in [2.05, 4.69) is 0 Å². The topological polar surface area (TPSA) is 49.9 Å². The van der Waals surface area contributed by atoms with Crippen molar-refractivity contribution >= 4 is 17.4 Å². The SMILES string of the molecule is O=C(C1=C(c2ccccc2)N(Cc2ccccc2)C(=O)C12OC2(c1ccccc1)c1ccccc1)c1ccccc1. The van der Waals surface area contributed by atoms with Gasteiger partial charge in [0.15, 0.2) is 11.4 Å². The Morgan fingerprint density at radius 3 is 1.59 bits per heavy atom. The fraction of sp³-hybridized carbons (Fsp3) is 0.0811. The van der Waals surface area contributed by atoms with Gasteiger partial charge in [0, 0.05) is 5.56 Å². The summed E-state index contributed by atoms with van der Waals surface area (Å²) in [5.41, 5.74) is 2.15. The highest BCUT2D eigenvalue weighted by molar-refractivity contribution is 6.25. The number of ketones is 1. The Hall–Kier alpha value is -5.06. The summed E-state index contributed by atoms with van der Waals surface area (Å²) >= 11 is 0. The van der Waals surface area contributed by atoms with E-state index in [1.165, 1.54) is 0 Å². The second-order valence-electron chi connectivity index (χ2n) is 10.4. The van der Waals surface area contributed by atoms with Crippen LogP contribution in [0, 0.1) is 0 Å². The van der Waals surface area contributed by atoms with Crippen molar-refractivity contribution in [3.63, 3.8) is 0 Å². The molecule has 198 valence electrons. The molecular weight excluding hydrogens is 506 g/mol. The number of epoxide rings is 1. The lowest BCUT2D eigenvalue weighted by Gasteiger charge is -2.22. The first-order valence-electron chi connectivity index (χ1n) is 13.7. The van der Waals surface area contributed by atoms with Crippen LogP contribution in [0.2, 0.25) is 0 Å². The second kappa shape index (κ2) is 9.84. The summed E-state index contributed by atoms with van der Waals surface area (Å²) < 4.78 is 6.84. The van der Waals surface area contributed by atoms with Crippen LogP contribution in [0.5, 0.6) is 0 Å². The summed E-state index contributed by atoms with van der Waals surface area (Å²) in [6, 6.07) is 48.3. The van der Waals surface area contributed by atoms with E-state index in [4.69, 9.17) is 4.74 Å². The molecule has 0 aromatic heterocycles. The van der Waals surface area contributed by atoms with Crippen molar-refractivity contribution in [2.45, 2.75) is 17.7 Å². The third-order valence-corrected chi connectivity index (χ3v) is 8.02. The van der Waals surface area contributed by atoms with Gasteiger partial charge in [-0.3, -0.25) is 9.59 Å². The summed E-state index contributed by atoms with van der Waals surface area (Å²) in [7, 11) is 0. The first-order valence-corrected chi connectivity index (χ1v) is 13.7. The van der Waals surface area contributed by atoms with E-state index in [0.717, 1.165) is 22.3 Å². The van der Waals surface area contributed by atoms with Crippen LogP contribution in [-0.2, 0) is 21.7 Å². The molecule has 1 saturated heterocycles. The molecule has 0 saturated carbocycles. The molecule has 2 aliphatic rings. The minimum absolute atomic E-state index is 0.220. The van der Waals surface area contributed by atoms with Gasteiger partial charge in [-0.25, -0.2) is 0 Å². The van der Waals surface area contributed by atoms with Gasteiger partial charge in [-0.1, -0.05) is 152 Å². The molecule has 2 heterocycles. The molecule has 7 rings (SSSR count). The summed E-state index contributed by atoms with van der Waals surface area (Å²) in [5, 5.41) is 0. The monoisotopic (exact) mass is 533 g/mol. The lowest BCUT2D eigenvalue weighted by Crippen LogP contribution is -2.40. The fourth-order valence-electron chi connectivity index (χ4n) is 6.18. The average Bonchev–Trinajstić information content (AvgIpc) is 3.70. The predicted octanol–water partition coefficient (Wildman–Crippen LogP) is 7.04. The number of Topliss-reactive ketones (excluding diaryl/α,β-unsaturated/α-hetero) is 1. The normalized spacial score (nSPS) is 19.0. The predicted molar refractivity (Wildman–Crippen MR) is 159 cm³/mol. The van der Waals surface area contributed by atoms with E-state index in [-0.39, 0.29) is 11.7 Å². The molecular formula is C37H27NO3. The number of benzene rings is 5. The molecule has 1 fully saturated rings. The third kappa shape index (κ3) is 3.80. The number of hydrogen-bond acceptors (Lipinski definition) is 3. The van der Waals surface area contributed by atoms with Gasteiger partial charge in [-0.15, -0.1) is 0 Å². The number of carbonyl (C=O) groups is 2. The second-order valence-corrected chi connectivity index (χ2v) is 10.4. The highest BCUT2D eigenvalue weighted by Gasteiger charge is 2.82. The van der Waals surface area contributed by atoms with E-state index in [1.54, 1.807) is 17.0 Å².